The molecule has 0 aliphatic heterocycles. The van der Waals surface area contributed by atoms with Crippen LogP contribution < -0.4 is 15.4 Å². The van der Waals surface area contributed by atoms with Gasteiger partial charge in [0.15, 0.2) is 5.96 Å². The van der Waals surface area contributed by atoms with Gasteiger partial charge in [-0.1, -0.05) is 19.4 Å². The average Bonchev–Trinajstić information content (AvgIpc) is 2.68. The van der Waals surface area contributed by atoms with Crippen molar-refractivity contribution in [1.29, 1.82) is 0 Å². The van der Waals surface area contributed by atoms with E-state index in [2.05, 4.69) is 15.6 Å². The second kappa shape index (κ2) is 11.2. The van der Waals surface area contributed by atoms with Crippen LogP contribution in [0.15, 0.2) is 23.2 Å². The van der Waals surface area contributed by atoms with E-state index < -0.39 is 10.8 Å². The molecule has 7 heteroatoms. The molecule has 3 N–H and O–H groups in total. The minimum atomic E-state index is -0.727. The molecular weight excluding hydrogens is 362 g/mol. The third-order valence-corrected chi connectivity index (χ3v) is 6.65. The Kier molecular flexibility index (Phi) is 8.91. The Balaban J connectivity index is 1.92. The molecule has 3 atom stereocenters. The zero-order valence-electron chi connectivity index (χ0n) is 16.7. The molecule has 0 spiro atoms. The van der Waals surface area contributed by atoms with Crippen molar-refractivity contribution in [3.05, 3.63) is 23.8 Å². The van der Waals surface area contributed by atoms with E-state index in [0.29, 0.717) is 30.0 Å². The summed E-state index contributed by atoms with van der Waals surface area (Å²) < 4.78 is 17.2. The molecule has 0 heterocycles. The highest BCUT2D eigenvalue weighted by Crippen LogP contribution is 2.24. The summed E-state index contributed by atoms with van der Waals surface area (Å²) in [6, 6.07) is 5.65. The number of phenolic OH excluding ortho intramolecular Hbond substituents is 1. The summed E-state index contributed by atoms with van der Waals surface area (Å²) >= 11 is 0. The van der Waals surface area contributed by atoms with Gasteiger partial charge in [-0.25, -0.2) is 0 Å². The van der Waals surface area contributed by atoms with Gasteiger partial charge in [-0.05, 0) is 44.2 Å². The highest BCUT2D eigenvalue weighted by molar-refractivity contribution is 7.85. The number of hydrogen-bond donors (Lipinski definition) is 3. The van der Waals surface area contributed by atoms with Crippen molar-refractivity contribution in [3.8, 4) is 11.5 Å². The van der Waals surface area contributed by atoms with Gasteiger partial charge in [-0.3, -0.25) is 9.20 Å². The van der Waals surface area contributed by atoms with Crippen molar-refractivity contribution in [2.24, 2.45) is 4.99 Å². The van der Waals surface area contributed by atoms with E-state index in [0.717, 1.165) is 49.5 Å². The molecule has 2 rings (SSSR count). The Hall–Kier alpha value is -1.76. The summed E-state index contributed by atoms with van der Waals surface area (Å²) in [6.45, 7) is 5.40. The van der Waals surface area contributed by atoms with E-state index in [1.807, 2.05) is 26.0 Å². The highest BCUT2D eigenvalue weighted by atomic mass is 32.2. The smallest absolute Gasteiger partial charge is 0.191 e. The lowest BCUT2D eigenvalue weighted by molar-refractivity contribution is 0.406. The fourth-order valence-electron chi connectivity index (χ4n) is 3.43. The summed E-state index contributed by atoms with van der Waals surface area (Å²) in [6.07, 6.45) is 4.83. The predicted octanol–water partition coefficient (Wildman–Crippen LogP) is 2.58. The van der Waals surface area contributed by atoms with Crippen LogP contribution in [0.2, 0.25) is 0 Å². The van der Waals surface area contributed by atoms with Crippen molar-refractivity contribution >= 4 is 16.8 Å². The Morgan fingerprint density at radius 1 is 1.37 bits per heavy atom. The number of methoxy groups -OCH3 is 1. The van der Waals surface area contributed by atoms with Gasteiger partial charge < -0.3 is 20.5 Å². The van der Waals surface area contributed by atoms with Gasteiger partial charge in [-0.15, -0.1) is 0 Å². The molecule has 0 aromatic heterocycles. The monoisotopic (exact) mass is 395 g/mol. The van der Waals surface area contributed by atoms with E-state index >= 15 is 0 Å². The molecule has 6 nitrogen and oxygen atoms in total. The number of hydrogen-bond acceptors (Lipinski definition) is 4. The van der Waals surface area contributed by atoms with E-state index in [-0.39, 0.29) is 5.75 Å². The second-order valence-electron chi connectivity index (χ2n) is 6.80. The molecule has 0 saturated heterocycles. The maximum absolute atomic E-state index is 12.1. The molecule has 1 fully saturated rings. The van der Waals surface area contributed by atoms with Crippen molar-refractivity contribution in [3.63, 3.8) is 0 Å². The molecule has 0 amide bonds. The molecule has 3 unspecified atom stereocenters. The van der Waals surface area contributed by atoms with Gasteiger partial charge in [0.1, 0.15) is 11.5 Å². The normalized spacial score (nSPS) is 21.5. The molecule has 1 aliphatic rings. The topological polar surface area (TPSA) is 83.0 Å². The fourth-order valence-corrected chi connectivity index (χ4v) is 4.78. The second-order valence-corrected chi connectivity index (χ2v) is 8.81. The predicted molar refractivity (Wildman–Crippen MR) is 112 cm³/mol. The van der Waals surface area contributed by atoms with E-state index in [1.165, 1.54) is 0 Å². The fraction of sp³-hybridized carbons (Fsp3) is 0.650. The Labute approximate surface area is 165 Å². The number of nitrogens with zero attached hydrogens (tertiary/aromatic N) is 1. The minimum Gasteiger partial charge on any atom is -0.508 e. The number of guanidine groups is 1. The lowest BCUT2D eigenvalue weighted by Gasteiger charge is -2.30. The van der Waals surface area contributed by atoms with Gasteiger partial charge in [-0.2, -0.15) is 0 Å². The van der Waals surface area contributed by atoms with Crippen molar-refractivity contribution in [2.45, 2.75) is 57.2 Å². The van der Waals surface area contributed by atoms with Crippen molar-refractivity contribution in [2.75, 3.05) is 26.0 Å². The van der Waals surface area contributed by atoms with E-state index in [4.69, 9.17) is 4.74 Å². The largest absolute Gasteiger partial charge is 0.508 e. The number of phenols is 1. The van der Waals surface area contributed by atoms with Crippen LogP contribution in [0.4, 0.5) is 0 Å². The summed E-state index contributed by atoms with van der Waals surface area (Å²) in [7, 11) is 0.856. The minimum absolute atomic E-state index is 0.236. The highest BCUT2D eigenvalue weighted by Gasteiger charge is 2.26. The van der Waals surface area contributed by atoms with Crippen LogP contribution in [0.5, 0.6) is 11.5 Å². The first kappa shape index (κ1) is 21.5. The number of aliphatic imine (C=N–C) groups is 1. The molecule has 1 saturated carbocycles. The third kappa shape index (κ3) is 6.72. The summed E-state index contributed by atoms with van der Waals surface area (Å²) in [4.78, 5) is 4.65. The number of ether oxygens (including phenoxy) is 1. The van der Waals surface area contributed by atoms with Crippen LogP contribution in [0.3, 0.4) is 0 Å². The molecule has 1 aliphatic carbocycles. The Morgan fingerprint density at radius 2 is 2.19 bits per heavy atom. The summed E-state index contributed by atoms with van der Waals surface area (Å²) in [5.74, 6) is 2.40. The summed E-state index contributed by atoms with van der Waals surface area (Å²) in [5, 5.41) is 17.2. The number of nitrogens with one attached hydrogen (secondary N) is 2. The van der Waals surface area contributed by atoms with Crippen LogP contribution in [-0.2, 0) is 17.2 Å². The maximum Gasteiger partial charge on any atom is 0.191 e. The first-order valence-electron chi connectivity index (χ1n) is 9.85. The van der Waals surface area contributed by atoms with E-state index in [1.54, 1.807) is 13.2 Å². The molecule has 1 aromatic carbocycles. The first-order valence-corrected chi connectivity index (χ1v) is 11.2. The van der Waals surface area contributed by atoms with Crippen molar-refractivity contribution in [1.82, 2.24) is 10.6 Å². The van der Waals surface area contributed by atoms with Crippen LogP contribution in [0, 0.1) is 0 Å². The van der Waals surface area contributed by atoms with Gasteiger partial charge in [0, 0.05) is 47.0 Å². The average molecular weight is 396 g/mol. The zero-order chi connectivity index (χ0) is 19.6. The maximum atomic E-state index is 12.1. The van der Waals surface area contributed by atoms with Crippen LogP contribution in [-0.4, -0.2) is 52.5 Å². The van der Waals surface area contributed by atoms with E-state index in [9.17, 15) is 9.32 Å². The lowest BCUT2D eigenvalue weighted by atomic mass is 9.95. The molecule has 1 aromatic rings. The SMILES string of the molecule is CCNC(=NCCc1ccc(OC)cc1O)NC1CCCC(S(=O)CC)C1. The molecule has 27 heavy (non-hydrogen) atoms. The van der Waals surface area contributed by atoms with Crippen molar-refractivity contribution < 1.29 is 14.1 Å². The first-order chi connectivity index (χ1) is 13.1. The van der Waals surface area contributed by atoms with Gasteiger partial charge in [0.25, 0.3) is 0 Å². The quantitative estimate of drug-likeness (QED) is 0.465. The third-order valence-electron chi connectivity index (χ3n) is 4.91. The Morgan fingerprint density at radius 3 is 2.85 bits per heavy atom. The van der Waals surface area contributed by atoms with Gasteiger partial charge in [0.05, 0.1) is 7.11 Å². The van der Waals surface area contributed by atoms with Crippen LogP contribution in [0.25, 0.3) is 0 Å². The standard InChI is InChI=1S/C20H33N3O3S/c1-4-21-20(23-16-7-6-8-18(13-16)27(25)5-2)22-12-11-15-9-10-17(26-3)14-19(15)24/h9-10,14,16,18,24H,4-8,11-13H2,1-3H3,(H2,21,22,23). The molecule has 152 valence electrons. The molecule has 0 bridgehead atoms. The van der Waals surface area contributed by atoms with Crippen LogP contribution >= 0.6 is 0 Å². The molecular formula is C20H33N3O3S. The number of aromatic hydroxyl groups is 1. The van der Waals surface area contributed by atoms with Gasteiger partial charge >= 0.3 is 0 Å². The Bertz CT molecular complexity index is 651. The number of rotatable bonds is 8. The van der Waals surface area contributed by atoms with Gasteiger partial charge in [0.2, 0.25) is 0 Å². The number of benzene rings is 1. The zero-order valence-corrected chi connectivity index (χ0v) is 17.5. The summed E-state index contributed by atoms with van der Waals surface area (Å²) in [5.41, 5.74) is 0.853. The lowest BCUT2D eigenvalue weighted by Crippen LogP contribution is -2.46. The van der Waals surface area contributed by atoms with Crippen LogP contribution in [0.1, 0.15) is 45.1 Å². The molecule has 0 radical (unpaired) electrons.